The summed E-state index contributed by atoms with van der Waals surface area (Å²) < 4.78 is 22.7. The fourth-order valence-electron chi connectivity index (χ4n) is 3.06. The van der Waals surface area contributed by atoms with Gasteiger partial charge in [0, 0.05) is 12.2 Å². The zero-order valence-corrected chi connectivity index (χ0v) is 17.0. The maximum absolute atomic E-state index is 12.0. The molecule has 0 aliphatic heterocycles. The monoisotopic (exact) mass is 432 g/mol. The van der Waals surface area contributed by atoms with Crippen LogP contribution in [0.3, 0.4) is 0 Å². The number of sulfonamides is 1. The topological polar surface area (TPSA) is 141 Å². The number of alkyl halides is 1. The van der Waals surface area contributed by atoms with Crippen molar-refractivity contribution < 1.29 is 13.2 Å². The Morgan fingerprint density at radius 3 is 2.28 bits per heavy atom. The first kappa shape index (κ1) is 21.1. The number of rotatable bonds is 6. The lowest BCUT2D eigenvalue weighted by atomic mass is 9.85. The minimum atomic E-state index is -3.76. The van der Waals surface area contributed by atoms with Crippen LogP contribution < -0.4 is 21.9 Å². The molecule has 0 fully saturated rings. The van der Waals surface area contributed by atoms with E-state index in [0.717, 1.165) is 16.7 Å². The van der Waals surface area contributed by atoms with Crippen molar-refractivity contribution in [1.82, 2.24) is 5.32 Å². The molecule has 0 saturated carbocycles. The number of hydrogen-bond donors (Lipinski definition) is 4. The SMILES string of the molecule is NC(=O)C1C=C(c2ccccc2)C=C(NCc2ccc(S(N)(=O)=O)cc2)C1(N)Cl. The number of hydrogen-bond acceptors (Lipinski definition) is 5. The number of nitrogens with two attached hydrogens (primary N) is 3. The minimum Gasteiger partial charge on any atom is -0.382 e. The van der Waals surface area contributed by atoms with Gasteiger partial charge in [-0.2, -0.15) is 0 Å². The molecule has 9 heteroatoms. The molecule has 2 aromatic rings. The minimum absolute atomic E-state index is 0.0201. The predicted molar refractivity (Wildman–Crippen MR) is 113 cm³/mol. The quantitative estimate of drug-likeness (QED) is 0.403. The normalized spacial score (nSPS) is 21.8. The summed E-state index contributed by atoms with van der Waals surface area (Å²) in [6.07, 6.45) is 3.44. The van der Waals surface area contributed by atoms with E-state index in [9.17, 15) is 13.2 Å². The molecule has 0 bridgehead atoms. The second-order valence-electron chi connectivity index (χ2n) is 6.74. The highest BCUT2D eigenvalue weighted by Crippen LogP contribution is 2.36. The van der Waals surface area contributed by atoms with E-state index in [2.05, 4.69) is 5.32 Å². The van der Waals surface area contributed by atoms with Gasteiger partial charge in [-0.25, -0.2) is 13.6 Å². The standard InChI is InChI=1S/C20H21ClN4O3S/c21-20(23)17(19(22)26)10-15(14-4-2-1-3-5-14)11-18(20)25-12-13-6-8-16(9-7-13)29(24,27)28/h1-11,17,25H,12,23H2,(H2,22,26)(H2,24,27,28). The van der Waals surface area contributed by atoms with E-state index in [1.807, 2.05) is 30.3 Å². The Balaban J connectivity index is 1.88. The van der Waals surface area contributed by atoms with Gasteiger partial charge in [0.15, 0.2) is 0 Å². The molecule has 1 aliphatic rings. The number of amides is 1. The Labute approximate surface area is 174 Å². The van der Waals surface area contributed by atoms with Gasteiger partial charge in [0.2, 0.25) is 15.9 Å². The number of carbonyl (C=O) groups is 1. The molecule has 0 spiro atoms. The molecule has 1 aliphatic carbocycles. The van der Waals surface area contributed by atoms with Crippen molar-refractivity contribution in [2.24, 2.45) is 22.5 Å². The largest absolute Gasteiger partial charge is 0.382 e. The van der Waals surface area contributed by atoms with E-state index in [1.165, 1.54) is 12.1 Å². The summed E-state index contributed by atoms with van der Waals surface area (Å²) >= 11 is 6.51. The number of halogens is 1. The molecule has 0 radical (unpaired) electrons. The van der Waals surface area contributed by atoms with Crippen molar-refractivity contribution in [3.63, 3.8) is 0 Å². The Morgan fingerprint density at radius 1 is 1.10 bits per heavy atom. The molecule has 0 heterocycles. The highest BCUT2D eigenvalue weighted by Gasteiger charge is 2.42. The van der Waals surface area contributed by atoms with Gasteiger partial charge in [-0.15, -0.1) is 0 Å². The van der Waals surface area contributed by atoms with Gasteiger partial charge >= 0.3 is 0 Å². The molecule has 3 rings (SSSR count). The van der Waals surface area contributed by atoms with Crippen LogP contribution in [0.2, 0.25) is 0 Å². The average molecular weight is 433 g/mol. The van der Waals surface area contributed by atoms with Crippen LogP contribution in [0, 0.1) is 5.92 Å². The fourth-order valence-corrected chi connectivity index (χ4v) is 3.87. The van der Waals surface area contributed by atoms with Gasteiger partial charge in [0.1, 0.15) is 5.00 Å². The first-order chi connectivity index (χ1) is 13.6. The zero-order valence-electron chi connectivity index (χ0n) is 15.4. The van der Waals surface area contributed by atoms with Crippen LogP contribution in [-0.2, 0) is 21.4 Å². The van der Waals surface area contributed by atoms with Crippen molar-refractivity contribution in [2.75, 3.05) is 0 Å². The molecule has 0 saturated heterocycles. The number of carbonyl (C=O) groups excluding carboxylic acids is 1. The molecule has 2 atom stereocenters. The number of nitrogens with one attached hydrogen (secondary N) is 1. The second-order valence-corrected chi connectivity index (χ2v) is 8.92. The Kier molecular flexibility index (Phi) is 5.81. The van der Waals surface area contributed by atoms with Gasteiger partial charge in [-0.1, -0.05) is 60.1 Å². The first-order valence-electron chi connectivity index (χ1n) is 8.71. The molecular weight excluding hydrogens is 412 g/mol. The highest BCUT2D eigenvalue weighted by atomic mass is 35.5. The van der Waals surface area contributed by atoms with Crippen LogP contribution in [0.5, 0.6) is 0 Å². The molecule has 1 amide bonds. The molecule has 2 aromatic carbocycles. The fraction of sp³-hybridized carbons (Fsp3) is 0.150. The van der Waals surface area contributed by atoms with Crippen molar-refractivity contribution >= 4 is 33.1 Å². The average Bonchev–Trinajstić information content (AvgIpc) is 2.66. The zero-order chi connectivity index (χ0) is 21.2. The van der Waals surface area contributed by atoms with Gasteiger partial charge in [0.25, 0.3) is 0 Å². The number of primary amides is 1. The summed E-state index contributed by atoms with van der Waals surface area (Å²) in [5, 5.41) is 8.26. The number of benzene rings is 2. The summed E-state index contributed by atoms with van der Waals surface area (Å²) in [5.74, 6) is -1.56. The van der Waals surface area contributed by atoms with E-state index < -0.39 is 26.8 Å². The predicted octanol–water partition coefficient (Wildman–Crippen LogP) is 1.40. The first-order valence-corrected chi connectivity index (χ1v) is 10.6. The summed E-state index contributed by atoms with van der Waals surface area (Å²) in [5.41, 5.74) is 14.6. The molecular formula is C20H21ClN4O3S. The lowest BCUT2D eigenvalue weighted by Gasteiger charge is -2.35. The van der Waals surface area contributed by atoms with Crippen LogP contribution in [0.15, 0.2) is 77.3 Å². The number of primary sulfonamides is 1. The second kappa shape index (κ2) is 8.00. The Hall–Kier alpha value is -2.65. The van der Waals surface area contributed by atoms with Crippen LogP contribution in [0.25, 0.3) is 5.57 Å². The van der Waals surface area contributed by atoms with E-state index in [0.29, 0.717) is 12.2 Å². The summed E-state index contributed by atoms with van der Waals surface area (Å²) in [7, 11) is -3.76. The Morgan fingerprint density at radius 2 is 1.72 bits per heavy atom. The van der Waals surface area contributed by atoms with E-state index >= 15 is 0 Å². The van der Waals surface area contributed by atoms with Crippen molar-refractivity contribution in [3.8, 4) is 0 Å². The summed E-state index contributed by atoms with van der Waals surface area (Å²) in [6.45, 7) is 0.302. The third kappa shape index (κ3) is 4.68. The van der Waals surface area contributed by atoms with Crippen LogP contribution in [0.1, 0.15) is 11.1 Å². The highest BCUT2D eigenvalue weighted by molar-refractivity contribution is 7.89. The van der Waals surface area contributed by atoms with Crippen LogP contribution in [-0.4, -0.2) is 19.3 Å². The molecule has 152 valence electrons. The molecule has 7 N–H and O–H groups in total. The third-order valence-electron chi connectivity index (χ3n) is 4.66. The van der Waals surface area contributed by atoms with E-state index in [4.69, 9.17) is 28.2 Å². The number of allylic oxidation sites excluding steroid dienone is 2. The maximum atomic E-state index is 12.0. The molecule has 29 heavy (non-hydrogen) atoms. The van der Waals surface area contributed by atoms with E-state index in [-0.39, 0.29) is 4.90 Å². The van der Waals surface area contributed by atoms with E-state index in [1.54, 1.807) is 24.3 Å². The van der Waals surface area contributed by atoms with Crippen LogP contribution >= 0.6 is 11.6 Å². The van der Waals surface area contributed by atoms with Gasteiger partial charge in [-0.05, 0) is 34.9 Å². The molecule has 7 nitrogen and oxygen atoms in total. The third-order valence-corrected chi connectivity index (χ3v) is 6.03. The van der Waals surface area contributed by atoms with Crippen molar-refractivity contribution in [1.29, 1.82) is 0 Å². The lowest BCUT2D eigenvalue weighted by molar-refractivity contribution is -0.121. The van der Waals surface area contributed by atoms with Gasteiger partial charge < -0.3 is 16.8 Å². The summed E-state index contributed by atoms with van der Waals surface area (Å²) in [6, 6.07) is 15.6. The Bertz CT molecular complexity index is 1080. The summed E-state index contributed by atoms with van der Waals surface area (Å²) in [4.78, 5) is 10.5. The van der Waals surface area contributed by atoms with Gasteiger partial charge in [0.05, 0.1) is 10.8 Å². The van der Waals surface area contributed by atoms with Crippen LogP contribution in [0.4, 0.5) is 0 Å². The van der Waals surface area contributed by atoms with Crippen molar-refractivity contribution in [2.45, 2.75) is 16.4 Å². The molecule has 0 aromatic heterocycles. The molecule has 2 unspecified atom stereocenters. The lowest BCUT2D eigenvalue weighted by Crippen LogP contribution is -2.52. The maximum Gasteiger partial charge on any atom is 0.238 e. The van der Waals surface area contributed by atoms with Gasteiger partial charge in [-0.3, -0.25) is 4.79 Å². The smallest absolute Gasteiger partial charge is 0.238 e. The van der Waals surface area contributed by atoms with Crippen molar-refractivity contribution in [3.05, 3.63) is 83.6 Å².